The molecule has 1 aromatic carbocycles. The Labute approximate surface area is 139 Å². The van der Waals surface area contributed by atoms with E-state index in [-0.39, 0.29) is 17.6 Å². The maximum Gasteiger partial charge on any atom is 0.0617 e. The summed E-state index contributed by atoms with van der Waals surface area (Å²) < 4.78 is 0. The van der Waals surface area contributed by atoms with E-state index < -0.39 is 0 Å². The van der Waals surface area contributed by atoms with Crippen molar-refractivity contribution >= 4 is 0 Å². The lowest BCUT2D eigenvalue weighted by molar-refractivity contribution is -0.0754. The lowest BCUT2D eigenvalue weighted by Crippen LogP contribution is -2.50. The van der Waals surface area contributed by atoms with Gasteiger partial charge in [-0.25, -0.2) is 0 Å². The standard InChI is InChI=1S/C21H30O2/c1-12-4-6-15-14(10-12)5-7-16-18-9-8-17(13(2)22)21(18,3)11-19(23)20(15)16/h4,6,10,13,16-20,22-23H,5,7-9,11H2,1-3H3/t13?,16?,17?,18?,19-,20?,21+/m0/s1. The third kappa shape index (κ3) is 2.21. The third-order valence-electron chi connectivity index (χ3n) is 7.51. The second-order valence-corrected chi connectivity index (χ2v) is 8.74. The van der Waals surface area contributed by atoms with Crippen LogP contribution in [0.25, 0.3) is 0 Å². The van der Waals surface area contributed by atoms with E-state index in [1.54, 1.807) is 0 Å². The molecule has 0 saturated heterocycles. The Morgan fingerprint density at radius 2 is 2.00 bits per heavy atom. The predicted molar refractivity (Wildman–Crippen MR) is 92.4 cm³/mol. The van der Waals surface area contributed by atoms with Crippen LogP contribution in [-0.4, -0.2) is 22.4 Å². The van der Waals surface area contributed by atoms with Crippen molar-refractivity contribution in [2.24, 2.45) is 23.2 Å². The highest BCUT2D eigenvalue weighted by Gasteiger charge is 2.58. The summed E-state index contributed by atoms with van der Waals surface area (Å²) in [5.41, 5.74) is 4.30. The quantitative estimate of drug-likeness (QED) is 0.827. The fourth-order valence-electron chi connectivity index (χ4n) is 6.62. The van der Waals surface area contributed by atoms with E-state index in [0.29, 0.717) is 23.7 Å². The first-order valence-electron chi connectivity index (χ1n) is 9.37. The minimum Gasteiger partial charge on any atom is -0.393 e. The molecule has 3 aliphatic rings. The van der Waals surface area contributed by atoms with Crippen LogP contribution in [0, 0.1) is 30.1 Å². The Morgan fingerprint density at radius 3 is 2.74 bits per heavy atom. The van der Waals surface area contributed by atoms with Gasteiger partial charge in [-0.05, 0) is 80.2 Å². The molecule has 0 amide bonds. The zero-order valence-corrected chi connectivity index (χ0v) is 14.6. The van der Waals surface area contributed by atoms with Crippen LogP contribution < -0.4 is 0 Å². The van der Waals surface area contributed by atoms with Crippen molar-refractivity contribution in [3.05, 3.63) is 34.9 Å². The summed E-state index contributed by atoms with van der Waals surface area (Å²) in [6, 6.07) is 6.79. The molecule has 3 aliphatic carbocycles. The average molecular weight is 314 g/mol. The molecule has 2 nitrogen and oxygen atoms in total. The number of aliphatic hydroxyl groups is 2. The molecule has 7 atom stereocenters. The zero-order chi connectivity index (χ0) is 16.4. The van der Waals surface area contributed by atoms with Crippen molar-refractivity contribution in [1.29, 1.82) is 0 Å². The first kappa shape index (κ1) is 15.7. The Morgan fingerprint density at radius 1 is 1.22 bits per heavy atom. The van der Waals surface area contributed by atoms with Crippen molar-refractivity contribution in [3.8, 4) is 0 Å². The van der Waals surface area contributed by atoms with Crippen LogP contribution in [0.4, 0.5) is 0 Å². The van der Waals surface area contributed by atoms with Crippen LogP contribution in [0.1, 0.15) is 62.1 Å². The van der Waals surface area contributed by atoms with Gasteiger partial charge in [0.05, 0.1) is 12.2 Å². The Kier molecular flexibility index (Phi) is 3.62. The van der Waals surface area contributed by atoms with Crippen LogP contribution in [0.3, 0.4) is 0 Å². The van der Waals surface area contributed by atoms with E-state index in [4.69, 9.17) is 0 Å². The molecule has 126 valence electrons. The van der Waals surface area contributed by atoms with Crippen LogP contribution in [0.15, 0.2) is 18.2 Å². The molecule has 2 fully saturated rings. The van der Waals surface area contributed by atoms with E-state index in [9.17, 15) is 10.2 Å². The van der Waals surface area contributed by atoms with Gasteiger partial charge in [0.1, 0.15) is 0 Å². The van der Waals surface area contributed by atoms with Crippen LogP contribution >= 0.6 is 0 Å². The largest absolute Gasteiger partial charge is 0.393 e. The van der Waals surface area contributed by atoms with Gasteiger partial charge in [-0.15, -0.1) is 0 Å². The van der Waals surface area contributed by atoms with Crippen LogP contribution in [0.2, 0.25) is 0 Å². The Bertz CT molecular complexity index is 608. The number of aryl methyl sites for hydroxylation is 2. The second kappa shape index (κ2) is 5.32. The maximum absolute atomic E-state index is 11.1. The van der Waals surface area contributed by atoms with Gasteiger partial charge >= 0.3 is 0 Å². The highest BCUT2D eigenvalue weighted by Crippen LogP contribution is 2.63. The molecular formula is C21H30O2. The van der Waals surface area contributed by atoms with Crippen molar-refractivity contribution in [2.45, 2.75) is 71.0 Å². The number of aliphatic hydroxyl groups excluding tert-OH is 2. The minimum absolute atomic E-state index is 0.108. The van der Waals surface area contributed by atoms with Gasteiger partial charge in [0, 0.05) is 5.92 Å². The highest BCUT2D eigenvalue weighted by molar-refractivity contribution is 5.38. The average Bonchev–Trinajstić information content (AvgIpc) is 2.83. The number of hydrogen-bond acceptors (Lipinski definition) is 2. The van der Waals surface area contributed by atoms with Crippen molar-refractivity contribution in [1.82, 2.24) is 0 Å². The predicted octanol–water partition coefficient (Wildman–Crippen LogP) is 3.82. The number of rotatable bonds is 1. The lowest BCUT2D eigenvalue weighted by Gasteiger charge is -2.53. The summed E-state index contributed by atoms with van der Waals surface area (Å²) >= 11 is 0. The number of fused-ring (bicyclic) bond motifs is 5. The van der Waals surface area contributed by atoms with Gasteiger partial charge in [0.15, 0.2) is 0 Å². The molecular weight excluding hydrogens is 284 g/mol. The third-order valence-corrected chi connectivity index (χ3v) is 7.51. The minimum atomic E-state index is -0.262. The van der Waals surface area contributed by atoms with Gasteiger partial charge in [0.2, 0.25) is 0 Å². The molecule has 23 heavy (non-hydrogen) atoms. The summed E-state index contributed by atoms with van der Waals surface area (Å²) in [7, 11) is 0. The summed E-state index contributed by atoms with van der Waals surface area (Å²) in [6.45, 7) is 6.44. The van der Waals surface area contributed by atoms with Crippen LogP contribution in [0.5, 0.6) is 0 Å². The second-order valence-electron chi connectivity index (χ2n) is 8.74. The molecule has 5 unspecified atom stereocenters. The molecule has 0 aromatic heterocycles. The molecule has 0 aliphatic heterocycles. The van der Waals surface area contributed by atoms with Gasteiger partial charge in [-0.1, -0.05) is 30.7 Å². The van der Waals surface area contributed by atoms with E-state index in [1.807, 2.05) is 6.92 Å². The van der Waals surface area contributed by atoms with E-state index in [0.717, 1.165) is 19.3 Å². The molecule has 1 aromatic rings. The summed E-state index contributed by atoms with van der Waals surface area (Å²) in [4.78, 5) is 0. The van der Waals surface area contributed by atoms with Gasteiger partial charge in [-0.2, -0.15) is 0 Å². The topological polar surface area (TPSA) is 40.5 Å². The van der Waals surface area contributed by atoms with Gasteiger partial charge in [-0.3, -0.25) is 0 Å². The van der Waals surface area contributed by atoms with E-state index in [2.05, 4.69) is 32.0 Å². The van der Waals surface area contributed by atoms with Crippen LogP contribution in [-0.2, 0) is 6.42 Å². The zero-order valence-electron chi connectivity index (χ0n) is 14.6. The summed E-state index contributed by atoms with van der Waals surface area (Å²) in [6.07, 6.45) is 5.02. The molecule has 2 N–H and O–H groups in total. The first-order valence-corrected chi connectivity index (χ1v) is 9.37. The smallest absolute Gasteiger partial charge is 0.0617 e. The Hall–Kier alpha value is -0.860. The van der Waals surface area contributed by atoms with Gasteiger partial charge in [0.25, 0.3) is 0 Å². The molecule has 2 heteroatoms. The fourth-order valence-corrected chi connectivity index (χ4v) is 6.62. The number of hydrogen-bond donors (Lipinski definition) is 2. The molecule has 0 bridgehead atoms. The van der Waals surface area contributed by atoms with Crippen molar-refractivity contribution in [3.63, 3.8) is 0 Å². The Balaban J connectivity index is 1.73. The molecule has 0 spiro atoms. The molecule has 0 radical (unpaired) electrons. The van der Waals surface area contributed by atoms with Crippen molar-refractivity contribution in [2.75, 3.05) is 0 Å². The van der Waals surface area contributed by atoms with E-state index >= 15 is 0 Å². The van der Waals surface area contributed by atoms with Gasteiger partial charge < -0.3 is 10.2 Å². The summed E-state index contributed by atoms with van der Waals surface area (Å²) in [5, 5.41) is 21.3. The maximum atomic E-state index is 11.1. The monoisotopic (exact) mass is 314 g/mol. The van der Waals surface area contributed by atoms with Crippen molar-refractivity contribution < 1.29 is 10.2 Å². The lowest BCUT2D eigenvalue weighted by atomic mass is 9.52. The molecule has 4 rings (SSSR count). The molecule has 2 saturated carbocycles. The number of benzene rings is 1. The van der Waals surface area contributed by atoms with E-state index in [1.165, 1.54) is 29.5 Å². The first-order chi connectivity index (χ1) is 10.9. The highest BCUT2D eigenvalue weighted by atomic mass is 16.3. The SMILES string of the molecule is Cc1ccc2c(c1)CCC1C2[C@@H](O)C[C@]2(C)C(C(C)O)CCC12. The normalized spacial score (nSPS) is 43.4. The fraction of sp³-hybridized carbons (Fsp3) is 0.714. The molecule has 0 heterocycles. The summed E-state index contributed by atoms with van der Waals surface area (Å²) in [5.74, 6) is 1.90.